The average Bonchev–Trinajstić information content (AvgIpc) is 2.46. The molecule has 116 valence electrons. The lowest BCUT2D eigenvalue weighted by molar-refractivity contribution is -0.142. The molecule has 1 aliphatic heterocycles. The summed E-state index contributed by atoms with van der Waals surface area (Å²) in [7, 11) is 0. The Kier molecular flexibility index (Phi) is 5.20. The molecule has 1 aromatic carbocycles. The predicted octanol–water partition coefficient (Wildman–Crippen LogP) is 1.21. The molecule has 1 fully saturated rings. The topological polar surface area (TPSA) is 59.0 Å². The maximum absolute atomic E-state index is 12.2. The normalized spacial score (nSPS) is 18.7. The van der Waals surface area contributed by atoms with Crippen molar-refractivity contribution < 1.29 is 19.4 Å². The summed E-state index contributed by atoms with van der Waals surface area (Å²) >= 11 is 0. The summed E-state index contributed by atoms with van der Waals surface area (Å²) in [4.78, 5) is 13.9. The lowest BCUT2D eigenvalue weighted by Gasteiger charge is -2.32. The van der Waals surface area contributed by atoms with Gasteiger partial charge in [-0.1, -0.05) is 17.7 Å². The molecule has 1 saturated heterocycles. The molecule has 1 atom stereocenters. The van der Waals surface area contributed by atoms with Gasteiger partial charge in [-0.15, -0.1) is 0 Å². The molecule has 1 unspecified atom stereocenters. The zero-order valence-electron chi connectivity index (χ0n) is 12.9. The molecule has 1 N–H and O–H groups in total. The molecule has 1 aliphatic rings. The standard InChI is InChI=1S/C16H23NO4/c1-11-6-12(2)16(13(3)7-11)21-10-15(19)17-4-5-20-14(8-17)9-18/h6-7,14,18H,4-5,8-10H2,1-3H3. The Morgan fingerprint density at radius 3 is 2.67 bits per heavy atom. The molecule has 0 bridgehead atoms. The van der Waals surface area contributed by atoms with Gasteiger partial charge in [0.15, 0.2) is 6.61 Å². The summed E-state index contributed by atoms with van der Waals surface area (Å²) < 4.78 is 11.0. The van der Waals surface area contributed by atoms with Gasteiger partial charge in [-0.3, -0.25) is 4.79 Å². The van der Waals surface area contributed by atoms with Crippen LogP contribution in [0.5, 0.6) is 5.75 Å². The Bertz CT molecular complexity index is 492. The quantitative estimate of drug-likeness (QED) is 0.906. The van der Waals surface area contributed by atoms with Crippen molar-refractivity contribution in [1.82, 2.24) is 4.90 Å². The number of aliphatic hydroxyl groups excluding tert-OH is 1. The van der Waals surface area contributed by atoms with Crippen LogP contribution in [0.4, 0.5) is 0 Å². The third-order valence-electron chi connectivity index (χ3n) is 3.64. The van der Waals surface area contributed by atoms with Crippen molar-refractivity contribution in [2.45, 2.75) is 26.9 Å². The van der Waals surface area contributed by atoms with Crippen LogP contribution in [0.25, 0.3) is 0 Å². The Morgan fingerprint density at radius 2 is 2.05 bits per heavy atom. The van der Waals surface area contributed by atoms with Crippen LogP contribution in [0, 0.1) is 20.8 Å². The SMILES string of the molecule is Cc1cc(C)c(OCC(=O)N2CCOC(CO)C2)c(C)c1. The van der Waals surface area contributed by atoms with Gasteiger partial charge in [0.05, 0.1) is 19.3 Å². The molecular formula is C16H23NO4. The fourth-order valence-corrected chi connectivity index (χ4v) is 2.68. The fraction of sp³-hybridized carbons (Fsp3) is 0.562. The van der Waals surface area contributed by atoms with Crippen molar-refractivity contribution in [2.75, 3.05) is 32.9 Å². The van der Waals surface area contributed by atoms with Crippen LogP contribution in [-0.4, -0.2) is 54.9 Å². The summed E-state index contributed by atoms with van der Waals surface area (Å²) in [5.74, 6) is 0.706. The van der Waals surface area contributed by atoms with Crippen LogP contribution in [-0.2, 0) is 9.53 Å². The van der Waals surface area contributed by atoms with E-state index in [1.54, 1.807) is 4.90 Å². The highest BCUT2D eigenvalue weighted by molar-refractivity contribution is 5.78. The Morgan fingerprint density at radius 1 is 1.38 bits per heavy atom. The van der Waals surface area contributed by atoms with Gasteiger partial charge < -0.3 is 19.5 Å². The van der Waals surface area contributed by atoms with Crippen LogP contribution in [0.3, 0.4) is 0 Å². The lowest BCUT2D eigenvalue weighted by atomic mass is 10.1. The molecule has 0 radical (unpaired) electrons. The van der Waals surface area contributed by atoms with E-state index in [0.717, 1.165) is 16.9 Å². The van der Waals surface area contributed by atoms with E-state index in [1.807, 2.05) is 32.9 Å². The largest absolute Gasteiger partial charge is 0.483 e. The number of carbonyl (C=O) groups excluding carboxylic acids is 1. The minimum atomic E-state index is -0.287. The maximum Gasteiger partial charge on any atom is 0.260 e. The van der Waals surface area contributed by atoms with Gasteiger partial charge in [-0.05, 0) is 31.9 Å². The van der Waals surface area contributed by atoms with E-state index in [4.69, 9.17) is 14.6 Å². The number of hydrogen-bond donors (Lipinski definition) is 1. The molecule has 0 aliphatic carbocycles. The number of carbonyl (C=O) groups is 1. The highest BCUT2D eigenvalue weighted by atomic mass is 16.5. The summed E-state index contributed by atoms with van der Waals surface area (Å²) in [6, 6.07) is 4.09. The molecular weight excluding hydrogens is 270 g/mol. The Balaban J connectivity index is 1.95. The van der Waals surface area contributed by atoms with Crippen molar-refractivity contribution in [2.24, 2.45) is 0 Å². The molecule has 1 heterocycles. The van der Waals surface area contributed by atoms with E-state index in [-0.39, 0.29) is 25.2 Å². The molecule has 5 heteroatoms. The minimum Gasteiger partial charge on any atom is -0.483 e. The van der Waals surface area contributed by atoms with Crippen molar-refractivity contribution in [3.05, 3.63) is 28.8 Å². The fourth-order valence-electron chi connectivity index (χ4n) is 2.68. The molecule has 5 nitrogen and oxygen atoms in total. The molecule has 21 heavy (non-hydrogen) atoms. The van der Waals surface area contributed by atoms with Gasteiger partial charge in [-0.25, -0.2) is 0 Å². The van der Waals surface area contributed by atoms with Crippen molar-refractivity contribution >= 4 is 5.91 Å². The number of nitrogens with zero attached hydrogens (tertiary/aromatic N) is 1. The molecule has 0 saturated carbocycles. The summed E-state index contributed by atoms with van der Waals surface area (Å²) in [6.45, 7) is 7.38. The van der Waals surface area contributed by atoms with Crippen LogP contribution in [0.1, 0.15) is 16.7 Å². The van der Waals surface area contributed by atoms with Gasteiger partial charge in [0, 0.05) is 13.1 Å². The van der Waals surface area contributed by atoms with Gasteiger partial charge in [0.2, 0.25) is 0 Å². The average molecular weight is 293 g/mol. The Hall–Kier alpha value is -1.59. The molecule has 0 aromatic heterocycles. The first kappa shape index (κ1) is 15.8. The van der Waals surface area contributed by atoms with E-state index >= 15 is 0 Å². The number of amides is 1. The third-order valence-corrected chi connectivity index (χ3v) is 3.64. The smallest absolute Gasteiger partial charge is 0.260 e. The van der Waals surface area contributed by atoms with Crippen LogP contribution in [0.2, 0.25) is 0 Å². The predicted molar refractivity (Wildman–Crippen MR) is 79.6 cm³/mol. The molecule has 1 amide bonds. The van der Waals surface area contributed by atoms with E-state index in [2.05, 4.69) is 0 Å². The van der Waals surface area contributed by atoms with Crippen molar-refractivity contribution in [1.29, 1.82) is 0 Å². The summed E-state index contributed by atoms with van der Waals surface area (Å²) in [5.41, 5.74) is 3.26. The summed E-state index contributed by atoms with van der Waals surface area (Å²) in [5, 5.41) is 9.10. The second kappa shape index (κ2) is 6.91. The van der Waals surface area contributed by atoms with Crippen LogP contribution in [0.15, 0.2) is 12.1 Å². The second-order valence-electron chi connectivity index (χ2n) is 5.53. The zero-order valence-corrected chi connectivity index (χ0v) is 12.9. The zero-order chi connectivity index (χ0) is 15.4. The van der Waals surface area contributed by atoms with Crippen LogP contribution >= 0.6 is 0 Å². The minimum absolute atomic E-state index is 0.0168. The lowest BCUT2D eigenvalue weighted by Crippen LogP contribution is -2.48. The van der Waals surface area contributed by atoms with Gasteiger partial charge in [0.25, 0.3) is 5.91 Å². The number of hydrogen-bond acceptors (Lipinski definition) is 4. The number of aliphatic hydroxyl groups is 1. The monoisotopic (exact) mass is 293 g/mol. The number of aryl methyl sites for hydroxylation is 3. The highest BCUT2D eigenvalue weighted by Crippen LogP contribution is 2.24. The molecule has 0 spiro atoms. The van der Waals surface area contributed by atoms with Gasteiger partial charge >= 0.3 is 0 Å². The van der Waals surface area contributed by atoms with Gasteiger partial charge in [0.1, 0.15) is 5.75 Å². The van der Waals surface area contributed by atoms with Crippen molar-refractivity contribution in [3.63, 3.8) is 0 Å². The van der Waals surface area contributed by atoms with Gasteiger partial charge in [-0.2, -0.15) is 0 Å². The second-order valence-corrected chi connectivity index (χ2v) is 5.53. The van der Waals surface area contributed by atoms with E-state index in [0.29, 0.717) is 19.7 Å². The first-order valence-electron chi connectivity index (χ1n) is 7.22. The first-order chi connectivity index (χ1) is 10.0. The molecule has 1 aromatic rings. The Labute approximate surface area is 125 Å². The number of rotatable bonds is 4. The number of morpholine rings is 1. The van der Waals surface area contributed by atoms with E-state index in [1.165, 1.54) is 5.56 Å². The highest BCUT2D eigenvalue weighted by Gasteiger charge is 2.24. The third kappa shape index (κ3) is 3.95. The summed E-state index contributed by atoms with van der Waals surface area (Å²) in [6.07, 6.45) is -0.287. The van der Waals surface area contributed by atoms with Crippen molar-refractivity contribution in [3.8, 4) is 5.75 Å². The van der Waals surface area contributed by atoms with E-state index < -0.39 is 0 Å². The molecule has 2 rings (SSSR count). The first-order valence-corrected chi connectivity index (χ1v) is 7.22. The number of benzene rings is 1. The van der Waals surface area contributed by atoms with Crippen LogP contribution < -0.4 is 4.74 Å². The van der Waals surface area contributed by atoms with E-state index in [9.17, 15) is 4.79 Å². The maximum atomic E-state index is 12.2. The number of ether oxygens (including phenoxy) is 2.